The molecule has 1 aliphatic rings. The van der Waals surface area contributed by atoms with Crippen molar-refractivity contribution in [2.75, 3.05) is 40.5 Å². The van der Waals surface area contributed by atoms with Crippen LogP contribution in [0.5, 0.6) is 5.75 Å². The third-order valence-corrected chi connectivity index (χ3v) is 3.63. The lowest BCUT2D eigenvalue weighted by Gasteiger charge is -2.40. The molecule has 1 saturated heterocycles. The van der Waals surface area contributed by atoms with Crippen LogP contribution < -0.4 is 10.1 Å². The van der Waals surface area contributed by atoms with Gasteiger partial charge in [0.15, 0.2) is 0 Å². The van der Waals surface area contributed by atoms with Crippen molar-refractivity contribution in [1.82, 2.24) is 10.2 Å². The Labute approximate surface area is 126 Å². The number of benzene rings is 1. The number of para-hydroxylation sites is 1. The van der Waals surface area contributed by atoms with Gasteiger partial charge in [-0.1, -0.05) is 25.1 Å². The van der Waals surface area contributed by atoms with E-state index < -0.39 is 0 Å². The predicted octanol–water partition coefficient (Wildman–Crippen LogP) is 1.28. The maximum Gasteiger partial charge on any atom is 0.234 e. The number of methoxy groups -OCH3 is 1. The molecule has 21 heavy (non-hydrogen) atoms. The van der Waals surface area contributed by atoms with Gasteiger partial charge in [-0.15, -0.1) is 0 Å². The molecule has 5 heteroatoms. The SMILES string of the molecule is COc1ccccc1CNC(=O)CN(C)CC1(C)COC1. The van der Waals surface area contributed by atoms with Crippen molar-refractivity contribution in [1.29, 1.82) is 0 Å². The Morgan fingerprint density at radius 1 is 1.43 bits per heavy atom. The standard InChI is InChI=1S/C16H24N2O3/c1-16(11-21-12-16)10-18(2)9-15(19)17-8-13-6-4-5-7-14(13)20-3/h4-7H,8-12H2,1-3H3,(H,17,19). The summed E-state index contributed by atoms with van der Waals surface area (Å²) < 4.78 is 10.5. The second-order valence-electron chi connectivity index (χ2n) is 6.06. The van der Waals surface area contributed by atoms with Crippen LogP contribution in [-0.2, 0) is 16.1 Å². The number of ether oxygens (including phenoxy) is 2. The minimum atomic E-state index is 0.0206. The second kappa shape index (κ2) is 6.91. The number of hydrogen-bond acceptors (Lipinski definition) is 4. The molecule has 0 aromatic heterocycles. The van der Waals surface area contributed by atoms with Gasteiger partial charge in [-0.05, 0) is 13.1 Å². The van der Waals surface area contributed by atoms with E-state index in [0.29, 0.717) is 13.1 Å². The third-order valence-electron chi connectivity index (χ3n) is 3.63. The molecule has 0 spiro atoms. The average Bonchev–Trinajstić information content (AvgIpc) is 2.43. The Hall–Kier alpha value is -1.59. The molecule has 0 atom stereocenters. The number of carbonyl (C=O) groups is 1. The summed E-state index contributed by atoms with van der Waals surface area (Å²) in [6, 6.07) is 7.70. The number of carbonyl (C=O) groups excluding carboxylic acids is 1. The number of nitrogens with zero attached hydrogens (tertiary/aromatic N) is 1. The molecule has 1 aromatic carbocycles. The van der Waals surface area contributed by atoms with Crippen LogP contribution in [0.2, 0.25) is 0 Å². The smallest absolute Gasteiger partial charge is 0.234 e. The maximum atomic E-state index is 12.0. The van der Waals surface area contributed by atoms with Crippen molar-refractivity contribution in [3.63, 3.8) is 0 Å². The van der Waals surface area contributed by atoms with Gasteiger partial charge in [-0.25, -0.2) is 0 Å². The molecule has 2 rings (SSSR count). The van der Waals surface area contributed by atoms with Gasteiger partial charge < -0.3 is 14.8 Å². The fourth-order valence-corrected chi connectivity index (χ4v) is 2.59. The molecule has 1 aromatic rings. The molecule has 1 N–H and O–H groups in total. The van der Waals surface area contributed by atoms with Crippen LogP contribution in [0.15, 0.2) is 24.3 Å². The van der Waals surface area contributed by atoms with E-state index in [1.54, 1.807) is 7.11 Å². The van der Waals surface area contributed by atoms with E-state index in [4.69, 9.17) is 9.47 Å². The van der Waals surface area contributed by atoms with Gasteiger partial charge in [-0.3, -0.25) is 9.69 Å². The van der Waals surface area contributed by atoms with Crippen molar-refractivity contribution in [2.24, 2.45) is 5.41 Å². The van der Waals surface area contributed by atoms with Crippen LogP contribution in [0.1, 0.15) is 12.5 Å². The number of rotatable bonds is 7. The normalized spacial score (nSPS) is 16.4. The van der Waals surface area contributed by atoms with Crippen molar-refractivity contribution < 1.29 is 14.3 Å². The Morgan fingerprint density at radius 3 is 2.76 bits per heavy atom. The Morgan fingerprint density at radius 2 is 2.14 bits per heavy atom. The first-order chi connectivity index (χ1) is 10.0. The molecule has 0 radical (unpaired) electrons. The van der Waals surface area contributed by atoms with E-state index in [9.17, 15) is 4.79 Å². The van der Waals surface area contributed by atoms with Crippen molar-refractivity contribution >= 4 is 5.91 Å². The highest BCUT2D eigenvalue weighted by atomic mass is 16.5. The zero-order valence-electron chi connectivity index (χ0n) is 13.0. The van der Waals surface area contributed by atoms with Crippen molar-refractivity contribution in [3.8, 4) is 5.75 Å². The zero-order valence-corrected chi connectivity index (χ0v) is 13.0. The van der Waals surface area contributed by atoms with Gasteiger partial charge in [0, 0.05) is 24.1 Å². The van der Waals surface area contributed by atoms with Gasteiger partial charge in [0.05, 0.1) is 26.9 Å². The summed E-state index contributed by atoms with van der Waals surface area (Å²) in [6.45, 7) is 5.48. The molecule has 0 saturated carbocycles. The summed E-state index contributed by atoms with van der Waals surface area (Å²) in [7, 11) is 3.60. The number of likely N-dealkylation sites (N-methyl/N-ethyl adjacent to an activating group) is 1. The van der Waals surface area contributed by atoms with E-state index in [1.807, 2.05) is 36.2 Å². The van der Waals surface area contributed by atoms with Gasteiger partial charge in [0.2, 0.25) is 5.91 Å². The first kappa shape index (κ1) is 15.8. The summed E-state index contributed by atoms with van der Waals surface area (Å²) in [6.07, 6.45) is 0. The molecule has 116 valence electrons. The average molecular weight is 292 g/mol. The van der Waals surface area contributed by atoms with Gasteiger partial charge in [0.25, 0.3) is 0 Å². The molecule has 1 amide bonds. The van der Waals surface area contributed by atoms with Crippen LogP contribution in [0.3, 0.4) is 0 Å². The molecular formula is C16H24N2O3. The van der Waals surface area contributed by atoms with Crippen LogP contribution in [0.25, 0.3) is 0 Å². The fraction of sp³-hybridized carbons (Fsp3) is 0.562. The van der Waals surface area contributed by atoms with Crippen molar-refractivity contribution in [3.05, 3.63) is 29.8 Å². The van der Waals surface area contributed by atoms with Gasteiger partial charge in [0.1, 0.15) is 5.75 Å². The molecule has 0 aliphatic carbocycles. The van der Waals surface area contributed by atoms with E-state index in [1.165, 1.54) is 0 Å². The van der Waals surface area contributed by atoms with E-state index in [-0.39, 0.29) is 11.3 Å². The second-order valence-corrected chi connectivity index (χ2v) is 6.06. The van der Waals surface area contributed by atoms with Crippen LogP contribution in [-0.4, -0.2) is 51.3 Å². The van der Waals surface area contributed by atoms with Gasteiger partial charge >= 0.3 is 0 Å². The minimum absolute atomic E-state index is 0.0206. The molecule has 5 nitrogen and oxygen atoms in total. The molecule has 1 fully saturated rings. The summed E-state index contributed by atoms with van der Waals surface area (Å²) in [5.74, 6) is 0.817. The molecule has 1 aliphatic heterocycles. The highest BCUT2D eigenvalue weighted by Crippen LogP contribution is 2.26. The summed E-state index contributed by atoms with van der Waals surface area (Å²) in [4.78, 5) is 14.0. The molecule has 0 unspecified atom stereocenters. The number of hydrogen-bond donors (Lipinski definition) is 1. The van der Waals surface area contributed by atoms with Gasteiger partial charge in [-0.2, -0.15) is 0 Å². The first-order valence-corrected chi connectivity index (χ1v) is 7.17. The van der Waals surface area contributed by atoms with Crippen LogP contribution >= 0.6 is 0 Å². The molecule has 1 heterocycles. The Kier molecular flexibility index (Phi) is 5.20. The molecular weight excluding hydrogens is 268 g/mol. The fourth-order valence-electron chi connectivity index (χ4n) is 2.59. The summed E-state index contributed by atoms with van der Waals surface area (Å²) in [5.41, 5.74) is 1.17. The predicted molar refractivity (Wildman–Crippen MR) is 81.3 cm³/mol. The van der Waals surface area contributed by atoms with Crippen molar-refractivity contribution in [2.45, 2.75) is 13.5 Å². The van der Waals surface area contributed by atoms with Crippen LogP contribution in [0.4, 0.5) is 0 Å². The van der Waals surface area contributed by atoms with E-state index >= 15 is 0 Å². The lowest BCUT2D eigenvalue weighted by atomic mass is 9.88. The minimum Gasteiger partial charge on any atom is -0.496 e. The molecule has 0 bridgehead atoms. The maximum absolute atomic E-state index is 12.0. The largest absolute Gasteiger partial charge is 0.496 e. The monoisotopic (exact) mass is 292 g/mol. The summed E-state index contributed by atoms with van der Waals surface area (Å²) in [5, 5.41) is 2.93. The highest BCUT2D eigenvalue weighted by molar-refractivity contribution is 5.78. The lowest BCUT2D eigenvalue weighted by molar-refractivity contribution is -0.127. The van der Waals surface area contributed by atoms with E-state index in [2.05, 4.69) is 12.2 Å². The highest BCUT2D eigenvalue weighted by Gasteiger charge is 2.34. The first-order valence-electron chi connectivity index (χ1n) is 7.17. The van der Waals surface area contributed by atoms with E-state index in [0.717, 1.165) is 31.1 Å². The lowest BCUT2D eigenvalue weighted by Crippen LogP contribution is -2.49. The third kappa shape index (κ3) is 4.44. The Bertz CT molecular complexity index is 486. The zero-order chi connectivity index (χ0) is 15.3. The Balaban J connectivity index is 1.76. The number of nitrogens with one attached hydrogen (secondary N) is 1. The number of amides is 1. The van der Waals surface area contributed by atoms with Crippen LogP contribution in [0, 0.1) is 5.41 Å². The summed E-state index contributed by atoms with van der Waals surface area (Å²) >= 11 is 0. The topological polar surface area (TPSA) is 50.8 Å². The quantitative estimate of drug-likeness (QED) is 0.822.